The summed E-state index contributed by atoms with van der Waals surface area (Å²) < 4.78 is 5.61. The van der Waals surface area contributed by atoms with Gasteiger partial charge in [-0.05, 0) is 42.3 Å². The van der Waals surface area contributed by atoms with E-state index >= 15 is 0 Å². The Labute approximate surface area is 196 Å². The van der Waals surface area contributed by atoms with Gasteiger partial charge in [0, 0.05) is 41.5 Å². The van der Waals surface area contributed by atoms with E-state index in [9.17, 15) is 9.59 Å². The van der Waals surface area contributed by atoms with Crippen LogP contribution in [0, 0.1) is 6.92 Å². The lowest BCUT2D eigenvalue weighted by Crippen LogP contribution is -2.54. The molecule has 7 nitrogen and oxygen atoms in total. The van der Waals surface area contributed by atoms with Crippen molar-refractivity contribution in [2.75, 3.05) is 24.5 Å². The molecule has 0 saturated carbocycles. The van der Waals surface area contributed by atoms with Crippen LogP contribution in [0.4, 0.5) is 5.69 Å². The van der Waals surface area contributed by atoms with E-state index in [-0.39, 0.29) is 11.4 Å². The van der Waals surface area contributed by atoms with Crippen LogP contribution < -0.4 is 15.7 Å². The zero-order valence-corrected chi connectivity index (χ0v) is 18.9. The molecule has 0 aliphatic carbocycles. The molecule has 1 aromatic heterocycles. The van der Waals surface area contributed by atoms with Crippen LogP contribution in [0.5, 0.6) is 0 Å². The van der Waals surface area contributed by atoms with Crippen molar-refractivity contribution in [2.24, 2.45) is 0 Å². The predicted molar refractivity (Wildman–Crippen MR) is 128 cm³/mol. The van der Waals surface area contributed by atoms with Crippen molar-refractivity contribution in [3.05, 3.63) is 83.3 Å². The average Bonchev–Trinajstić information content (AvgIpc) is 3.24. The molecule has 0 radical (unpaired) electrons. The van der Waals surface area contributed by atoms with Crippen LogP contribution in [0.2, 0.25) is 5.02 Å². The first-order valence-corrected chi connectivity index (χ1v) is 10.9. The number of carbonyl (C=O) groups is 2. The smallest absolute Gasteiger partial charge is 0.274 e. The van der Waals surface area contributed by atoms with Gasteiger partial charge in [-0.3, -0.25) is 14.8 Å². The van der Waals surface area contributed by atoms with Crippen LogP contribution in [-0.2, 0) is 4.79 Å². The maximum absolute atomic E-state index is 13.5. The quantitative estimate of drug-likeness (QED) is 0.220. The molecule has 1 aliphatic heterocycles. The van der Waals surface area contributed by atoms with E-state index in [0.29, 0.717) is 35.0 Å². The van der Waals surface area contributed by atoms with Crippen LogP contribution in [0.1, 0.15) is 21.7 Å². The Morgan fingerprint density at radius 2 is 1.88 bits per heavy atom. The number of nitrogens with one attached hydrogen (secondary N) is 2. The van der Waals surface area contributed by atoms with Gasteiger partial charge in [0.1, 0.15) is 5.76 Å². The first kappa shape index (κ1) is 22.8. The summed E-state index contributed by atoms with van der Waals surface area (Å²) >= 11 is 6.01. The highest BCUT2D eigenvalue weighted by atomic mass is 35.5. The maximum Gasteiger partial charge on any atom is 0.274 e. The molecular formula is C25H24ClN3O4. The summed E-state index contributed by atoms with van der Waals surface area (Å²) in [5.41, 5.74) is 5.48. The minimum atomic E-state index is -0.650. The van der Waals surface area contributed by atoms with E-state index in [1.165, 1.54) is 0 Å². The summed E-state index contributed by atoms with van der Waals surface area (Å²) in [5.74, 6) is -0.100. The van der Waals surface area contributed by atoms with Gasteiger partial charge in [-0.2, -0.15) is 0 Å². The number of hydroxylamine groups is 1. The average molecular weight is 466 g/mol. The number of ketones is 1. The number of carbonyl (C=O) groups excluding carboxylic acids is 2. The molecule has 1 saturated heterocycles. The summed E-state index contributed by atoms with van der Waals surface area (Å²) in [7, 11) is 0. The minimum Gasteiger partial charge on any atom is -0.468 e. The highest BCUT2D eigenvalue weighted by Crippen LogP contribution is 2.31. The van der Waals surface area contributed by atoms with E-state index in [2.05, 4.69) is 16.8 Å². The number of anilines is 1. The fourth-order valence-electron chi connectivity index (χ4n) is 4.01. The SMILES string of the molecule is C=C(C(=O)NO)c1ccc(N2CCNC(C(=O)c3c(-c4ccc(Cl)cc4)coc3C)C2)cc1. The lowest BCUT2D eigenvalue weighted by Gasteiger charge is -2.34. The van der Waals surface area contributed by atoms with Gasteiger partial charge in [0.2, 0.25) is 0 Å². The van der Waals surface area contributed by atoms with Crippen molar-refractivity contribution in [1.82, 2.24) is 10.8 Å². The van der Waals surface area contributed by atoms with Crippen molar-refractivity contribution < 1.29 is 19.2 Å². The fourth-order valence-corrected chi connectivity index (χ4v) is 4.14. The molecule has 2 heterocycles. The second kappa shape index (κ2) is 9.62. The molecule has 1 unspecified atom stereocenters. The monoisotopic (exact) mass is 465 g/mol. The van der Waals surface area contributed by atoms with Crippen molar-refractivity contribution in [3.8, 4) is 11.1 Å². The Hall–Kier alpha value is -3.39. The van der Waals surface area contributed by atoms with E-state index in [0.717, 1.165) is 23.4 Å². The largest absolute Gasteiger partial charge is 0.468 e. The number of amides is 1. The Bertz CT molecular complexity index is 1190. The minimum absolute atomic E-state index is 0.0273. The third-order valence-corrected chi connectivity index (χ3v) is 6.08. The van der Waals surface area contributed by atoms with Gasteiger partial charge < -0.3 is 14.6 Å². The number of benzene rings is 2. The molecule has 1 fully saturated rings. The molecule has 1 atom stereocenters. The number of rotatable bonds is 6. The standard InChI is InChI=1S/C25H24ClN3O4/c1-15(25(31)28-32)17-5-9-20(10-6-17)29-12-11-27-22(13-29)24(30)23-16(2)33-14-21(23)18-3-7-19(26)8-4-18/h3-10,14,22,27,32H,1,11-13H2,2H3,(H,28,31). The summed E-state index contributed by atoms with van der Waals surface area (Å²) in [6, 6.07) is 14.2. The van der Waals surface area contributed by atoms with Crippen LogP contribution >= 0.6 is 11.6 Å². The number of nitrogens with zero attached hydrogens (tertiary/aromatic N) is 1. The molecule has 8 heteroatoms. The second-order valence-electron chi connectivity index (χ2n) is 7.87. The molecule has 1 amide bonds. The summed E-state index contributed by atoms with van der Waals surface area (Å²) in [4.78, 5) is 27.2. The van der Waals surface area contributed by atoms with Crippen molar-refractivity contribution in [2.45, 2.75) is 13.0 Å². The molecule has 3 N–H and O–H groups in total. The van der Waals surface area contributed by atoms with Crippen molar-refractivity contribution in [3.63, 3.8) is 0 Å². The highest BCUT2D eigenvalue weighted by Gasteiger charge is 2.30. The number of hydrogen-bond donors (Lipinski definition) is 3. The van der Waals surface area contributed by atoms with E-state index < -0.39 is 11.9 Å². The molecule has 170 valence electrons. The zero-order chi connectivity index (χ0) is 23.5. The lowest BCUT2D eigenvalue weighted by atomic mass is 9.95. The molecule has 4 rings (SSSR count). The number of Topliss-reactive ketones (excluding diaryl/α,β-unsaturated/α-hetero) is 1. The van der Waals surface area contributed by atoms with Gasteiger partial charge in [0.05, 0.1) is 17.9 Å². The molecule has 0 spiro atoms. The molecular weight excluding hydrogens is 442 g/mol. The van der Waals surface area contributed by atoms with Gasteiger partial charge in [0.15, 0.2) is 5.78 Å². The first-order chi connectivity index (χ1) is 15.9. The maximum atomic E-state index is 13.5. The Morgan fingerprint density at radius 3 is 2.55 bits per heavy atom. The van der Waals surface area contributed by atoms with Crippen molar-refractivity contribution >= 4 is 34.6 Å². The summed E-state index contributed by atoms with van der Waals surface area (Å²) in [6.45, 7) is 7.35. The molecule has 3 aromatic rings. The van der Waals surface area contributed by atoms with Gasteiger partial charge in [-0.1, -0.05) is 42.4 Å². The van der Waals surface area contributed by atoms with Gasteiger partial charge in [-0.15, -0.1) is 0 Å². The number of hydrogen-bond acceptors (Lipinski definition) is 6. The van der Waals surface area contributed by atoms with E-state index in [1.54, 1.807) is 42.9 Å². The van der Waals surface area contributed by atoms with E-state index in [4.69, 9.17) is 21.2 Å². The number of piperazine rings is 1. The third-order valence-electron chi connectivity index (χ3n) is 5.83. The zero-order valence-electron chi connectivity index (χ0n) is 18.1. The number of halogens is 1. The first-order valence-electron chi connectivity index (χ1n) is 10.5. The van der Waals surface area contributed by atoms with Crippen LogP contribution in [0.25, 0.3) is 16.7 Å². The predicted octanol–water partition coefficient (Wildman–Crippen LogP) is 4.09. The van der Waals surface area contributed by atoms with Gasteiger partial charge >= 0.3 is 0 Å². The fraction of sp³-hybridized carbons (Fsp3) is 0.200. The van der Waals surface area contributed by atoms with Gasteiger partial charge in [0.25, 0.3) is 5.91 Å². The van der Waals surface area contributed by atoms with E-state index in [1.807, 2.05) is 24.3 Å². The molecule has 0 bridgehead atoms. The normalized spacial score (nSPS) is 15.8. The van der Waals surface area contributed by atoms with Gasteiger partial charge in [-0.25, -0.2) is 5.48 Å². The Kier molecular flexibility index (Phi) is 6.65. The van der Waals surface area contributed by atoms with Crippen molar-refractivity contribution in [1.29, 1.82) is 0 Å². The van der Waals surface area contributed by atoms with Crippen LogP contribution in [0.3, 0.4) is 0 Å². The lowest BCUT2D eigenvalue weighted by molar-refractivity contribution is -0.123. The van der Waals surface area contributed by atoms with Crippen LogP contribution in [-0.4, -0.2) is 42.6 Å². The molecule has 1 aliphatic rings. The summed E-state index contributed by atoms with van der Waals surface area (Å²) in [6.07, 6.45) is 1.61. The molecule has 33 heavy (non-hydrogen) atoms. The Balaban J connectivity index is 1.53. The number of aryl methyl sites for hydroxylation is 1. The van der Waals surface area contributed by atoms with Crippen LogP contribution in [0.15, 0.2) is 65.8 Å². The Morgan fingerprint density at radius 1 is 1.18 bits per heavy atom. The summed E-state index contributed by atoms with van der Waals surface area (Å²) in [5, 5.41) is 12.7. The molecule has 2 aromatic carbocycles. The highest BCUT2D eigenvalue weighted by molar-refractivity contribution is 6.30. The number of furan rings is 1. The topological polar surface area (TPSA) is 94.8 Å². The second-order valence-corrected chi connectivity index (χ2v) is 8.31. The third kappa shape index (κ3) is 4.71.